The van der Waals surface area contributed by atoms with Gasteiger partial charge in [0, 0.05) is 48.3 Å². The molecule has 12 heteroatoms. The van der Waals surface area contributed by atoms with Crippen molar-refractivity contribution in [3.05, 3.63) is 90.1 Å². The molecule has 2 aromatic carbocycles. The van der Waals surface area contributed by atoms with Crippen molar-refractivity contribution in [2.75, 3.05) is 6.54 Å². The van der Waals surface area contributed by atoms with Crippen LogP contribution in [0.15, 0.2) is 73.3 Å². The Bertz CT molecular complexity index is 1450. The normalized spacial score (nSPS) is 13.2. The number of aromatic amines is 2. The van der Waals surface area contributed by atoms with E-state index in [-0.39, 0.29) is 19.3 Å². The van der Waals surface area contributed by atoms with Gasteiger partial charge in [-0.2, -0.15) is 0 Å². The van der Waals surface area contributed by atoms with Crippen LogP contribution in [-0.2, 0) is 38.4 Å². The number of nitrogens with zero attached hydrogens (tertiary/aromatic N) is 1. The molecule has 12 nitrogen and oxygen atoms in total. The van der Waals surface area contributed by atoms with Crippen LogP contribution >= 0.6 is 0 Å². The summed E-state index contributed by atoms with van der Waals surface area (Å²) >= 11 is 0. The first-order chi connectivity index (χ1) is 19.3. The lowest BCUT2D eigenvalue weighted by atomic mass is 10.0. The van der Waals surface area contributed by atoms with Crippen molar-refractivity contribution in [2.24, 2.45) is 5.73 Å². The molecule has 0 aliphatic rings. The number of fused-ring (bicyclic) bond motifs is 1. The lowest BCUT2D eigenvalue weighted by Crippen LogP contribution is -2.54. The summed E-state index contributed by atoms with van der Waals surface area (Å²) in [5.74, 6) is -3.03. The molecule has 0 saturated heterocycles. The summed E-state index contributed by atoms with van der Waals surface area (Å²) in [7, 11) is 0. The number of hydrogen-bond donors (Lipinski definition) is 7. The van der Waals surface area contributed by atoms with Gasteiger partial charge in [-0.25, -0.2) is 9.78 Å². The van der Waals surface area contributed by atoms with Gasteiger partial charge in [0.25, 0.3) is 0 Å². The molecule has 2 aromatic heterocycles. The highest BCUT2D eigenvalue weighted by molar-refractivity contribution is 5.93. The molecule has 0 bridgehead atoms. The minimum atomic E-state index is -1.20. The molecule has 0 saturated carbocycles. The molecule has 208 valence electrons. The van der Waals surface area contributed by atoms with Gasteiger partial charge in [0.15, 0.2) is 0 Å². The molecular formula is C28H31N7O5. The number of carboxylic acids is 1. The summed E-state index contributed by atoms with van der Waals surface area (Å²) < 4.78 is 0. The number of para-hydroxylation sites is 1. The largest absolute Gasteiger partial charge is 0.480 e. The number of carboxylic acid groups (broad SMARTS) is 1. The number of benzene rings is 2. The van der Waals surface area contributed by atoms with Gasteiger partial charge in [-0.1, -0.05) is 48.5 Å². The van der Waals surface area contributed by atoms with Gasteiger partial charge in [0.2, 0.25) is 17.7 Å². The van der Waals surface area contributed by atoms with E-state index >= 15 is 0 Å². The smallest absolute Gasteiger partial charge is 0.326 e. The van der Waals surface area contributed by atoms with E-state index in [0.717, 1.165) is 22.0 Å². The summed E-state index contributed by atoms with van der Waals surface area (Å²) in [6.45, 7) is -0.474. The van der Waals surface area contributed by atoms with Crippen LogP contribution in [0, 0.1) is 0 Å². The molecule has 2 heterocycles. The van der Waals surface area contributed by atoms with Crippen LogP contribution in [0.25, 0.3) is 10.9 Å². The molecule has 3 unspecified atom stereocenters. The number of rotatable bonds is 13. The van der Waals surface area contributed by atoms with Gasteiger partial charge in [0.1, 0.15) is 12.1 Å². The van der Waals surface area contributed by atoms with Crippen molar-refractivity contribution < 1.29 is 24.3 Å². The van der Waals surface area contributed by atoms with E-state index in [9.17, 15) is 24.3 Å². The number of nitrogens with one attached hydrogen (secondary N) is 5. The molecule has 4 rings (SSSR count). The van der Waals surface area contributed by atoms with Gasteiger partial charge in [-0.3, -0.25) is 14.4 Å². The van der Waals surface area contributed by atoms with Gasteiger partial charge in [-0.15, -0.1) is 0 Å². The standard InChI is InChI=1S/C28H31N7O5/c29-21(12-19-14-30-16-33-19)26(37)35-23(11-18-13-31-22-9-5-4-8-20(18)22)27(38)32-15-25(36)34-24(28(39)40)10-17-6-2-1-3-7-17/h1-9,13-14,16,21,23-24,31H,10-12,15,29H2,(H,30,33)(H,32,38)(H,34,36)(H,35,37)(H,39,40). The Balaban J connectivity index is 1.41. The lowest BCUT2D eigenvalue weighted by Gasteiger charge is -2.21. The number of imidazole rings is 1. The molecule has 0 radical (unpaired) electrons. The maximum absolute atomic E-state index is 13.2. The number of aromatic nitrogens is 3. The van der Waals surface area contributed by atoms with Gasteiger partial charge >= 0.3 is 5.97 Å². The molecular weight excluding hydrogens is 514 g/mol. The van der Waals surface area contributed by atoms with Crippen molar-refractivity contribution in [3.8, 4) is 0 Å². The monoisotopic (exact) mass is 545 g/mol. The van der Waals surface area contributed by atoms with Gasteiger partial charge in [-0.05, 0) is 17.2 Å². The predicted molar refractivity (Wildman–Crippen MR) is 147 cm³/mol. The maximum atomic E-state index is 13.2. The van der Waals surface area contributed by atoms with E-state index in [1.54, 1.807) is 36.7 Å². The number of hydrogen-bond acceptors (Lipinski definition) is 6. The summed E-state index contributed by atoms with van der Waals surface area (Å²) in [5.41, 5.74) is 9.14. The number of carbonyl (C=O) groups is 4. The first-order valence-corrected chi connectivity index (χ1v) is 12.7. The van der Waals surface area contributed by atoms with Crippen molar-refractivity contribution in [2.45, 2.75) is 37.4 Å². The Morgan fingerprint density at radius 2 is 1.62 bits per heavy atom. The third-order valence-corrected chi connectivity index (χ3v) is 6.40. The Kier molecular flexibility index (Phi) is 9.26. The zero-order valence-electron chi connectivity index (χ0n) is 21.6. The second-order valence-electron chi connectivity index (χ2n) is 9.38. The van der Waals surface area contributed by atoms with Crippen molar-refractivity contribution in [3.63, 3.8) is 0 Å². The van der Waals surface area contributed by atoms with E-state index < -0.39 is 48.4 Å². The Hall–Kier alpha value is -4.97. The minimum Gasteiger partial charge on any atom is -0.480 e. The molecule has 3 atom stereocenters. The molecule has 0 aliphatic carbocycles. The van der Waals surface area contributed by atoms with E-state index in [1.807, 2.05) is 30.3 Å². The summed E-state index contributed by atoms with van der Waals surface area (Å²) in [4.78, 5) is 60.3. The highest BCUT2D eigenvalue weighted by Crippen LogP contribution is 2.19. The van der Waals surface area contributed by atoms with E-state index in [2.05, 4.69) is 30.9 Å². The van der Waals surface area contributed by atoms with Crippen LogP contribution in [0.2, 0.25) is 0 Å². The molecule has 4 aromatic rings. The zero-order valence-corrected chi connectivity index (χ0v) is 21.6. The van der Waals surface area contributed by atoms with Crippen LogP contribution in [-0.4, -0.2) is 68.4 Å². The van der Waals surface area contributed by atoms with Crippen LogP contribution in [0.4, 0.5) is 0 Å². The number of carbonyl (C=O) groups excluding carboxylic acids is 3. The summed E-state index contributed by atoms with van der Waals surface area (Å²) in [6, 6.07) is 13.3. The minimum absolute atomic E-state index is 0.0866. The number of nitrogens with two attached hydrogens (primary N) is 1. The van der Waals surface area contributed by atoms with E-state index in [4.69, 9.17) is 5.73 Å². The second-order valence-corrected chi connectivity index (χ2v) is 9.38. The van der Waals surface area contributed by atoms with Crippen LogP contribution in [0.5, 0.6) is 0 Å². The number of H-pyrrole nitrogens is 2. The second kappa shape index (κ2) is 13.2. The molecule has 0 aliphatic heterocycles. The highest BCUT2D eigenvalue weighted by Gasteiger charge is 2.27. The maximum Gasteiger partial charge on any atom is 0.326 e. The average Bonchev–Trinajstić information content (AvgIpc) is 3.61. The fourth-order valence-corrected chi connectivity index (χ4v) is 4.32. The summed E-state index contributed by atoms with van der Waals surface area (Å²) in [5, 5.41) is 18.1. The van der Waals surface area contributed by atoms with Crippen LogP contribution < -0.4 is 21.7 Å². The van der Waals surface area contributed by atoms with Crippen molar-refractivity contribution >= 4 is 34.6 Å². The van der Waals surface area contributed by atoms with Gasteiger partial charge < -0.3 is 36.8 Å². The molecule has 8 N–H and O–H groups in total. The average molecular weight is 546 g/mol. The van der Waals surface area contributed by atoms with Gasteiger partial charge in [0.05, 0.1) is 18.9 Å². The predicted octanol–water partition coefficient (Wildman–Crippen LogP) is 0.417. The fourth-order valence-electron chi connectivity index (χ4n) is 4.32. The Labute approximate surface area is 229 Å². The third-order valence-electron chi connectivity index (χ3n) is 6.40. The first kappa shape index (κ1) is 28.0. The third kappa shape index (κ3) is 7.54. The van der Waals surface area contributed by atoms with E-state index in [0.29, 0.717) is 5.69 Å². The fraction of sp³-hybridized carbons (Fsp3) is 0.250. The SMILES string of the molecule is NC(Cc1cnc[nH]1)C(=O)NC(Cc1c[nH]c2ccccc12)C(=O)NCC(=O)NC(Cc1ccccc1)C(=O)O. The lowest BCUT2D eigenvalue weighted by molar-refractivity contribution is -0.141. The number of amides is 3. The topological polar surface area (TPSA) is 195 Å². The Morgan fingerprint density at radius 1 is 0.875 bits per heavy atom. The first-order valence-electron chi connectivity index (χ1n) is 12.7. The van der Waals surface area contributed by atoms with Crippen LogP contribution in [0.1, 0.15) is 16.8 Å². The van der Waals surface area contributed by atoms with Crippen LogP contribution in [0.3, 0.4) is 0 Å². The summed E-state index contributed by atoms with van der Waals surface area (Å²) in [6.07, 6.45) is 5.20. The molecule has 3 amide bonds. The highest BCUT2D eigenvalue weighted by atomic mass is 16.4. The Morgan fingerprint density at radius 3 is 2.35 bits per heavy atom. The zero-order chi connectivity index (χ0) is 28.5. The molecule has 40 heavy (non-hydrogen) atoms. The quantitative estimate of drug-likeness (QED) is 0.126. The number of aliphatic carboxylic acids is 1. The molecule has 0 spiro atoms. The van der Waals surface area contributed by atoms with Crippen molar-refractivity contribution in [1.29, 1.82) is 0 Å². The van der Waals surface area contributed by atoms with Crippen molar-refractivity contribution in [1.82, 2.24) is 30.9 Å². The van der Waals surface area contributed by atoms with E-state index in [1.165, 1.54) is 6.33 Å². The molecule has 0 fully saturated rings.